The van der Waals surface area contributed by atoms with Crippen LogP contribution in [0, 0.1) is 0 Å². The lowest BCUT2D eigenvalue weighted by Crippen LogP contribution is -2.38. The van der Waals surface area contributed by atoms with Gasteiger partial charge in [-0.1, -0.05) is 26.0 Å². The SMILES string of the molecule is CCN(CC)CCN1C(=O)C(=O)C(=C(O)c2ccc3c(c2)C[C@@H](C)O3)[C@@H]1c1cccc(O)c1. The lowest BCUT2D eigenvalue weighted by Gasteiger charge is -2.28. The summed E-state index contributed by atoms with van der Waals surface area (Å²) in [5.74, 6) is -0.774. The van der Waals surface area contributed by atoms with Gasteiger partial charge in [-0.3, -0.25) is 9.59 Å². The number of hydrogen-bond donors (Lipinski definition) is 2. The maximum Gasteiger partial charge on any atom is 0.295 e. The largest absolute Gasteiger partial charge is 0.508 e. The second-order valence-electron chi connectivity index (χ2n) is 8.57. The van der Waals surface area contributed by atoms with E-state index in [1.165, 1.54) is 17.0 Å². The topological polar surface area (TPSA) is 90.3 Å². The fraction of sp³-hybridized carbons (Fsp3) is 0.385. The summed E-state index contributed by atoms with van der Waals surface area (Å²) in [5.41, 5.74) is 2.04. The molecule has 2 heterocycles. The number of rotatable bonds is 7. The van der Waals surface area contributed by atoms with Crippen LogP contribution >= 0.6 is 0 Å². The minimum atomic E-state index is -0.781. The quantitative estimate of drug-likeness (QED) is 0.381. The second kappa shape index (κ2) is 9.27. The van der Waals surface area contributed by atoms with Gasteiger partial charge in [0.15, 0.2) is 0 Å². The van der Waals surface area contributed by atoms with Crippen molar-refractivity contribution < 1.29 is 24.5 Å². The van der Waals surface area contributed by atoms with Crippen molar-refractivity contribution in [2.24, 2.45) is 0 Å². The number of nitrogens with zero attached hydrogens (tertiary/aromatic N) is 2. The van der Waals surface area contributed by atoms with Crippen LogP contribution in [0.3, 0.4) is 0 Å². The van der Waals surface area contributed by atoms with Crippen LogP contribution in [0.5, 0.6) is 11.5 Å². The molecule has 2 aromatic carbocycles. The molecule has 0 bridgehead atoms. The highest BCUT2D eigenvalue weighted by Crippen LogP contribution is 2.41. The monoisotopic (exact) mass is 450 g/mol. The summed E-state index contributed by atoms with van der Waals surface area (Å²) in [4.78, 5) is 29.9. The maximum absolute atomic E-state index is 13.2. The zero-order valence-corrected chi connectivity index (χ0v) is 19.2. The Hall–Kier alpha value is -3.32. The minimum absolute atomic E-state index is 0.0329. The normalized spacial score (nSPS) is 21.5. The summed E-state index contributed by atoms with van der Waals surface area (Å²) in [6.07, 6.45) is 0.764. The zero-order valence-electron chi connectivity index (χ0n) is 19.2. The number of phenolic OH excluding ortho intramolecular Hbond substituents is 1. The number of aromatic hydroxyl groups is 1. The number of benzene rings is 2. The van der Waals surface area contributed by atoms with Crippen molar-refractivity contribution in [3.05, 3.63) is 64.7 Å². The van der Waals surface area contributed by atoms with Gasteiger partial charge in [-0.05, 0) is 61.5 Å². The molecule has 0 unspecified atom stereocenters. The van der Waals surface area contributed by atoms with E-state index in [1.54, 1.807) is 24.3 Å². The molecule has 0 radical (unpaired) electrons. The first-order valence-electron chi connectivity index (χ1n) is 11.4. The lowest BCUT2D eigenvalue weighted by atomic mass is 9.94. The van der Waals surface area contributed by atoms with Gasteiger partial charge in [0.2, 0.25) is 0 Å². The third-order valence-electron chi connectivity index (χ3n) is 6.45. The number of aliphatic hydroxyl groups excluding tert-OH is 1. The van der Waals surface area contributed by atoms with Crippen LogP contribution in [0.15, 0.2) is 48.0 Å². The molecule has 174 valence electrons. The highest BCUT2D eigenvalue weighted by molar-refractivity contribution is 6.46. The van der Waals surface area contributed by atoms with Gasteiger partial charge in [-0.2, -0.15) is 0 Å². The molecule has 7 heteroatoms. The van der Waals surface area contributed by atoms with E-state index >= 15 is 0 Å². The number of Topliss-reactive ketones (excluding diaryl/α,β-unsaturated/α-hetero) is 1. The predicted octanol–water partition coefficient (Wildman–Crippen LogP) is 3.48. The number of likely N-dealkylation sites (N-methyl/N-ethyl adjacent to an activating group) is 1. The lowest BCUT2D eigenvalue weighted by molar-refractivity contribution is -0.140. The number of carbonyl (C=O) groups is 2. The first kappa shape index (κ1) is 22.9. The van der Waals surface area contributed by atoms with Crippen molar-refractivity contribution in [2.45, 2.75) is 39.3 Å². The van der Waals surface area contributed by atoms with Crippen LogP contribution < -0.4 is 4.74 Å². The number of carbonyl (C=O) groups excluding carboxylic acids is 2. The van der Waals surface area contributed by atoms with Crippen molar-refractivity contribution in [1.82, 2.24) is 9.80 Å². The summed E-state index contributed by atoms with van der Waals surface area (Å²) in [7, 11) is 0. The van der Waals surface area contributed by atoms with E-state index < -0.39 is 17.7 Å². The molecule has 0 aromatic heterocycles. The molecule has 0 saturated carbocycles. The van der Waals surface area contributed by atoms with Crippen LogP contribution in [0.1, 0.15) is 43.5 Å². The van der Waals surface area contributed by atoms with Gasteiger partial charge in [0.05, 0.1) is 11.6 Å². The fourth-order valence-electron chi connectivity index (χ4n) is 4.67. The van der Waals surface area contributed by atoms with Crippen LogP contribution in [0.25, 0.3) is 5.76 Å². The number of phenols is 1. The Morgan fingerprint density at radius 1 is 1.15 bits per heavy atom. The maximum atomic E-state index is 13.2. The highest BCUT2D eigenvalue weighted by atomic mass is 16.5. The van der Waals surface area contributed by atoms with Crippen molar-refractivity contribution in [2.75, 3.05) is 26.2 Å². The van der Waals surface area contributed by atoms with E-state index in [4.69, 9.17) is 4.74 Å². The molecule has 7 nitrogen and oxygen atoms in total. The smallest absolute Gasteiger partial charge is 0.295 e. The summed E-state index contributed by atoms with van der Waals surface area (Å²) in [6.45, 7) is 8.65. The first-order chi connectivity index (χ1) is 15.8. The number of likely N-dealkylation sites (tertiary alicyclic amines) is 1. The Balaban J connectivity index is 1.79. The van der Waals surface area contributed by atoms with Gasteiger partial charge in [-0.25, -0.2) is 0 Å². The average molecular weight is 451 g/mol. The predicted molar refractivity (Wildman–Crippen MR) is 125 cm³/mol. The van der Waals surface area contributed by atoms with Crippen LogP contribution in [0.4, 0.5) is 0 Å². The molecule has 4 rings (SSSR count). The van der Waals surface area contributed by atoms with Crippen LogP contribution in [-0.2, 0) is 16.0 Å². The third-order valence-corrected chi connectivity index (χ3v) is 6.45. The number of ether oxygens (including phenoxy) is 1. The van der Waals surface area contributed by atoms with E-state index in [0.29, 0.717) is 30.6 Å². The number of fused-ring (bicyclic) bond motifs is 1. The van der Waals surface area contributed by atoms with Gasteiger partial charge in [0, 0.05) is 25.1 Å². The molecule has 0 spiro atoms. The van der Waals surface area contributed by atoms with Crippen molar-refractivity contribution >= 4 is 17.4 Å². The minimum Gasteiger partial charge on any atom is -0.508 e. The summed E-state index contributed by atoms with van der Waals surface area (Å²) in [5, 5.41) is 21.3. The molecule has 1 fully saturated rings. The molecule has 2 aliphatic heterocycles. The molecule has 1 saturated heterocycles. The number of aliphatic hydroxyl groups is 1. The average Bonchev–Trinajstić information content (AvgIpc) is 3.30. The van der Waals surface area contributed by atoms with Gasteiger partial charge >= 0.3 is 0 Å². The number of amides is 1. The molecule has 2 N–H and O–H groups in total. The Labute approximate surface area is 193 Å². The zero-order chi connectivity index (χ0) is 23.7. The van der Waals surface area contributed by atoms with E-state index in [0.717, 1.165) is 24.4 Å². The van der Waals surface area contributed by atoms with Crippen LogP contribution in [-0.4, -0.2) is 64.0 Å². The third kappa shape index (κ3) is 4.33. The van der Waals surface area contributed by atoms with Gasteiger partial charge in [0.25, 0.3) is 11.7 Å². The highest BCUT2D eigenvalue weighted by Gasteiger charge is 2.46. The Kier molecular flexibility index (Phi) is 6.42. The van der Waals surface area contributed by atoms with E-state index in [-0.39, 0.29) is 23.2 Å². The van der Waals surface area contributed by atoms with Crippen molar-refractivity contribution in [3.8, 4) is 11.5 Å². The Bertz CT molecular complexity index is 1110. The van der Waals surface area contributed by atoms with Gasteiger partial charge in [-0.15, -0.1) is 0 Å². The molecule has 1 amide bonds. The van der Waals surface area contributed by atoms with Crippen molar-refractivity contribution in [1.29, 1.82) is 0 Å². The molecule has 2 aliphatic rings. The fourth-order valence-corrected chi connectivity index (χ4v) is 4.67. The van der Waals surface area contributed by atoms with Crippen LogP contribution in [0.2, 0.25) is 0 Å². The summed E-state index contributed by atoms with van der Waals surface area (Å²) >= 11 is 0. The first-order valence-corrected chi connectivity index (χ1v) is 11.4. The number of hydrogen-bond acceptors (Lipinski definition) is 6. The van der Waals surface area contributed by atoms with Gasteiger partial charge in [0.1, 0.15) is 23.4 Å². The Morgan fingerprint density at radius 3 is 2.61 bits per heavy atom. The summed E-state index contributed by atoms with van der Waals surface area (Å²) < 4.78 is 5.74. The van der Waals surface area contributed by atoms with Crippen molar-refractivity contribution in [3.63, 3.8) is 0 Å². The summed E-state index contributed by atoms with van der Waals surface area (Å²) in [6, 6.07) is 11.0. The molecule has 33 heavy (non-hydrogen) atoms. The molecular weight excluding hydrogens is 420 g/mol. The van der Waals surface area contributed by atoms with Gasteiger partial charge < -0.3 is 24.7 Å². The molecule has 2 aromatic rings. The molecule has 0 aliphatic carbocycles. The Morgan fingerprint density at radius 2 is 1.91 bits per heavy atom. The molecule has 2 atom stereocenters. The standard InChI is InChI=1S/C26H30N2O5/c1-4-27(5-2)11-12-28-23(17-7-6-8-20(29)15-17)22(25(31)26(28)32)24(30)18-9-10-21-19(14-18)13-16(3)33-21/h6-10,14-16,23,29-30H,4-5,11-13H2,1-3H3/t16-,23+/m1/s1. The molecular formula is C26H30N2O5. The number of ketones is 1. The second-order valence-corrected chi connectivity index (χ2v) is 8.57. The van der Waals surface area contributed by atoms with E-state index in [9.17, 15) is 19.8 Å². The van der Waals surface area contributed by atoms with E-state index in [2.05, 4.69) is 4.90 Å². The van der Waals surface area contributed by atoms with E-state index in [1.807, 2.05) is 26.8 Å².